The third kappa shape index (κ3) is 2.61. The van der Waals surface area contributed by atoms with Crippen molar-refractivity contribution >= 4 is 34.4 Å². The van der Waals surface area contributed by atoms with Crippen LogP contribution < -0.4 is 10.0 Å². The second-order valence-corrected chi connectivity index (χ2v) is 6.72. The Labute approximate surface area is 128 Å². The zero-order valence-corrected chi connectivity index (χ0v) is 13.1. The van der Waals surface area contributed by atoms with Crippen molar-refractivity contribution in [1.82, 2.24) is 0 Å². The molecule has 114 valence electrons. The lowest BCUT2D eigenvalue weighted by Gasteiger charge is -2.16. The standard InChI is InChI=1S/C17H17O4P/c1-2-11-21-16-10-9-14-13-6-4-3-5-12(13)7-8-15(14)17(16)22(18,19)20/h3-10H,2,11H2,1H3,(H2,18,19,20). The Balaban J connectivity index is 2.37. The highest BCUT2D eigenvalue weighted by Crippen LogP contribution is 2.42. The first-order valence-electron chi connectivity index (χ1n) is 7.15. The summed E-state index contributed by atoms with van der Waals surface area (Å²) in [7, 11) is -4.44. The number of rotatable bonds is 4. The molecule has 0 bridgehead atoms. The van der Waals surface area contributed by atoms with Crippen LogP contribution in [0.15, 0.2) is 48.5 Å². The van der Waals surface area contributed by atoms with E-state index in [2.05, 4.69) is 0 Å². The summed E-state index contributed by atoms with van der Waals surface area (Å²) in [6.07, 6.45) is 0.774. The fourth-order valence-corrected chi connectivity index (χ4v) is 3.62. The van der Waals surface area contributed by atoms with E-state index in [9.17, 15) is 14.4 Å². The molecule has 0 fully saturated rings. The summed E-state index contributed by atoms with van der Waals surface area (Å²) in [5.41, 5.74) is 0. The topological polar surface area (TPSA) is 66.8 Å². The van der Waals surface area contributed by atoms with E-state index in [0.29, 0.717) is 12.0 Å². The maximum Gasteiger partial charge on any atom is 0.360 e. The van der Waals surface area contributed by atoms with Crippen LogP contribution in [0.2, 0.25) is 0 Å². The van der Waals surface area contributed by atoms with Crippen LogP contribution in [0.4, 0.5) is 0 Å². The Bertz CT molecular complexity index is 882. The Morgan fingerprint density at radius 2 is 1.68 bits per heavy atom. The predicted molar refractivity (Wildman–Crippen MR) is 88.9 cm³/mol. The van der Waals surface area contributed by atoms with E-state index in [1.54, 1.807) is 12.1 Å². The molecule has 0 aliphatic carbocycles. The molecule has 0 radical (unpaired) electrons. The second-order valence-electron chi connectivity index (χ2n) is 5.19. The maximum absolute atomic E-state index is 12.0. The molecule has 3 rings (SSSR count). The van der Waals surface area contributed by atoms with Crippen LogP contribution >= 0.6 is 7.60 Å². The Morgan fingerprint density at radius 1 is 0.955 bits per heavy atom. The lowest BCUT2D eigenvalue weighted by atomic mass is 10.0. The van der Waals surface area contributed by atoms with Gasteiger partial charge in [-0.2, -0.15) is 0 Å². The zero-order valence-electron chi connectivity index (χ0n) is 12.2. The van der Waals surface area contributed by atoms with Gasteiger partial charge in [0.15, 0.2) is 0 Å². The van der Waals surface area contributed by atoms with Crippen LogP contribution in [0.1, 0.15) is 13.3 Å². The van der Waals surface area contributed by atoms with E-state index < -0.39 is 7.60 Å². The van der Waals surface area contributed by atoms with Crippen LogP contribution in [0, 0.1) is 0 Å². The lowest BCUT2D eigenvalue weighted by molar-refractivity contribution is 0.317. The van der Waals surface area contributed by atoms with Crippen LogP contribution in [0.5, 0.6) is 5.75 Å². The minimum Gasteiger partial charge on any atom is -0.493 e. The fraction of sp³-hybridized carbons (Fsp3) is 0.176. The monoisotopic (exact) mass is 316 g/mol. The van der Waals surface area contributed by atoms with E-state index in [-0.39, 0.29) is 11.1 Å². The molecule has 0 spiro atoms. The van der Waals surface area contributed by atoms with Gasteiger partial charge in [-0.3, -0.25) is 4.57 Å². The highest BCUT2D eigenvalue weighted by molar-refractivity contribution is 7.61. The average molecular weight is 316 g/mol. The molecule has 2 N–H and O–H groups in total. The summed E-state index contributed by atoms with van der Waals surface area (Å²) >= 11 is 0. The van der Waals surface area contributed by atoms with Gasteiger partial charge in [0, 0.05) is 5.39 Å². The van der Waals surface area contributed by atoms with Gasteiger partial charge in [-0.15, -0.1) is 0 Å². The highest BCUT2D eigenvalue weighted by Gasteiger charge is 2.26. The molecule has 0 atom stereocenters. The number of benzene rings is 3. The number of hydrogen-bond donors (Lipinski definition) is 2. The van der Waals surface area contributed by atoms with E-state index >= 15 is 0 Å². The first kappa shape index (κ1) is 15.0. The van der Waals surface area contributed by atoms with E-state index in [0.717, 1.165) is 22.6 Å². The van der Waals surface area contributed by atoms with E-state index in [1.807, 2.05) is 43.3 Å². The third-order valence-electron chi connectivity index (χ3n) is 3.61. The van der Waals surface area contributed by atoms with Gasteiger partial charge in [0.1, 0.15) is 11.1 Å². The third-order valence-corrected chi connectivity index (χ3v) is 4.66. The van der Waals surface area contributed by atoms with Crippen LogP contribution in [-0.4, -0.2) is 16.4 Å². The minimum atomic E-state index is -4.44. The van der Waals surface area contributed by atoms with Crippen molar-refractivity contribution in [2.24, 2.45) is 0 Å². The minimum absolute atomic E-state index is 0.0239. The summed E-state index contributed by atoms with van der Waals surface area (Å²) in [6.45, 7) is 2.37. The molecular formula is C17H17O4P. The smallest absolute Gasteiger partial charge is 0.360 e. The number of ether oxygens (including phenoxy) is 1. The summed E-state index contributed by atoms with van der Waals surface area (Å²) in [6, 6.07) is 14.9. The van der Waals surface area contributed by atoms with E-state index in [1.165, 1.54) is 0 Å². The number of fused-ring (bicyclic) bond motifs is 3. The summed E-state index contributed by atoms with van der Waals surface area (Å²) in [4.78, 5) is 19.5. The zero-order chi connectivity index (χ0) is 15.7. The van der Waals surface area contributed by atoms with Gasteiger partial charge in [0.05, 0.1) is 6.61 Å². The molecule has 0 saturated carbocycles. The predicted octanol–water partition coefficient (Wildman–Crippen LogP) is 3.58. The van der Waals surface area contributed by atoms with Gasteiger partial charge >= 0.3 is 7.60 Å². The van der Waals surface area contributed by atoms with Gasteiger partial charge in [0.2, 0.25) is 0 Å². The van der Waals surface area contributed by atoms with E-state index in [4.69, 9.17) is 4.74 Å². The molecule has 0 heterocycles. The van der Waals surface area contributed by atoms with Gasteiger partial charge in [-0.25, -0.2) is 0 Å². The van der Waals surface area contributed by atoms with Crippen molar-refractivity contribution in [3.8, 4) is 5.75 Å². The molecule has 3 aromatic rings. The molecule has 0 unspecified atom stereocenters. The van der Waals surface area contributed by atoms with Crippen molar-refractivity contribution < 1.29 is 19.1 Å². The normalized spacial score (nSPS) is 12.0. The van der Waals surface area contributed by atoms with Crippen molar-refractivity contribution in [2.75, 3.05) is 6.61 Å². The summed E-state index contributed by atoms with van der Waals surface area (Å²) in [5, 5.41) is 3.34. The highest BCUT2D eigenvalue weighted by atomic mass is 31.2. The molecule has 4 nitrogen and oxygen atoms in total. The number of hydrogen-bond acceptors (Lipinski definition) is 2. The van der Waals surface area contributed by atoms with Crippen molar-refractivity contribution in [3.05, 3.63) is 48.5 Å². The summed E-state index contributed by atoms with van der Waals surface area (Å²) < 4.78 is 17.5. The van der Waals surface area contributed by atoms with Crippen molar-refractivity contribution in [2.45, 2.75) is 13.3 Å². The van der Waals surface area contributed by atoms with Crippen LogP contribution in [0.25, 0.3) is 21.5 Å². The SMILES string of the molecule is CCCOc1ccc2c(ccc3ccccc32)c1P(=O)(O)O. The molecule has 0 amide bonds. The quantitative estimate of drug-likeness (QED) is 0.570. The van der Waals surface area contributed by atoms with Gasteiger partial charge < -0.3 is 14.5 Å². The first-order chi connectivity index (χ1) is 10.5. The Morgan fingerprint density at radius 3 is 2.41 bits per heavy atom. The van der Waals surface area contributed by atoms with Crippen LogP contribution in [0.3, 0.4) is 0 Å². The molecule has 22 heavy (non-hydrogen) atoms. The van der Waals surface area contributed by atoms with Gasteiger partial charge in [-0.1, -0.05) is 49.4 Å². The fourth-order valence-electron chi connectivity index (χ4n) is 2.68. The lowest BCUT2D eigenvalue weighted by Crippen LogP contribution is -2.12. The molecule has 0 saturated heterocycles. The first-order valence-corrected chi connectivity index (χ1v) is 8.77. The molecule has 5 heteroatoms. The average Bonchev–Trinajstić information content (AvgIpc) is 2.50. The molecule has 0 aliphatic rings. The Hall–Kier alpha value is -1.87. The molecule has 0 aromatic heterocycles. The maximum atomic E-state index is 12.0. The van der Waals surface area contributed by atoms with Gasteiger partial charge in [0.25, 0.3) is 0 Å². The second kappa shape index (κ2) is 5.73. The van der Waals surface area contributed by atoms with Crippen molar-refractivity contribution in [1.29, 1.82) is 0 Å². The molecule has 3 aromatic carbocycles. The van der Waals surface area contributed by atoms with Crippen LogP contribution in [-0.2, 0) is 4.57 Å². The molecule has 0 aliphatic heterocycles. The largest absolute Gasteiger partial charge is 0.493 e. The van der Waals surface area contributed by atoms with Crippen molar-refractivity contribution in [3.63, 3.8) is 0 Å². The van der Waals surface area contributed by atoms with Gasteiger partial charge in [-0.05, 0) is 28.6 Å². The summed E-state index contributed by atoms with van der Waals surface area (Å²) in [5.74, 6) is 0.262. The molecular weight excluding hydrogens is 299 g/mol. The Kier molecular flexibility index (Phi) is 3.92.